The first-order chi connectivity index (χ1) is 12.6. The van der Waals surface area contributed by atoms with E-state index in [9.17, 15) is 9.18 Å². The van der Waals surface area contributed by atoms with E-state index in [4.69, 9.17) is 5.73 Å². The maximum absolute atomic E-state index is 13.3. The molecule has 0 unspecified atom stereocenters. The number of rotatable bonds is 4. The second-order valence-corrected chi connectivity index (χ2v) is 6.98. The van der Waals surface area contributed by atoms with Crippen molar-refractivity contribution in [3.8, 4) is 11.1 Å². The van der Waals surface area contributed by atoms with E-state index in [1.165, 1.54) is 17.7 Å². The molecule has 3 aromatic rings. The third kappa shape index (κ3) is 3.22. The number of nitrogens with one attached hydrogen (secondary N) is 2. The summed E-state index contributed by atoms with van der Waals surface area (Å²) in [6.45, 7) is 2.03. The summed E-state index contributed by atoms with van der Waals surface area (Å²) in [5, 5.41) is 4.53. The van der Waals surface area contributed by atoms with Gasteiger partial charge in [-0.2, -0.15) is 0 Å². The maximum Gasteiger partial charge on any atom is 0.221 e. The highest BCUT2D eigenvalue weighted by atomic mass is 19.1. The molecule has 1 saturated heterocycles. The second-order valence-electron chi connectivity index (χ2n) is 6.98. The van der Waals surface area contributed by atoms with Crippen molar-refractivity contribution in [2.75, 3.05) is 13.1 Å². The Hall–Kier alpha value is -2.66. The Morgan fingerprint density at radius 2 is 1.85 bits per heavy atom. The first-order valence-corrected chi connectivity index (χ1v) is 9.00. The molecular formula is C21H22FN3O. The molecule has 0 radical (unpaired) electrons. The SMILES string of the molecule is NC(=O)Cc1cc(-c2ccc(F)cc2)cc2c(C3CCNCC3)c[nH]c12. The number of nitrogens with two attached hydrogens (primary N) is 1. The summed E-state index contributed by atoms with van der Waals surface area (Å²) in [6, 6.07) is 10.6. The zero-order valence-corrected chi connectivity index (χ0v) is 14.5. The van der Waals surface area contributed by atoms with Gasteiger partial charge in [-0.25, -0.2) is 4.39 Å². The third-order valence-electron chi connectivity index (χ3n) is 5.22. The number of carbonyl (C=O) groups is 1. The van der Waals surface area contributed by atoms with Gasteiger partial charge in [0.1, 0.15) is 5.82 Å². The smallest absolute Gasteiger partial charge is 0.221 e. The van der Waals surface area contributed by atoms with Crippen molar-refractivity contribution >= 4 is 16.8 Å². The Labute approximate surface area is 151 Å². The number of carbonyl (C=O) groups excluding carboxylic acids is 1. The van der Waals surface area contributed by atoms with Gasteiger partial charge < -0.3 is 16.0 Å². The number of fused-ring (bicyclic) bond motifs is 1. The summed E-state index contributed by atoms with van der Waals surface area (Å²) < 4.78 is 13.3. The minimum absolute atomic E-state index is 0.178. The molecule has 0 saturated carbocycles. The number of piperidine rings is 1. The van der Waals surface area contributed by atoms with Crippen LogP contribution in [-0.2, 0) is 11.2 Å². The minimum atomic E-state index is -0.361. The van der Waals surface area contributed by atoms with E-state index in [1.54, 1.807) is 12.1 Å². The summed E-state index contributed by atoms with van der Waals surface area (Å²) in [7, 11) is 0. The van der Waals surface area contributed by atoms with Crippen LogP contribution in [0.2, 0.25) is 0 Å². The molecule has 0 bridgehead atoms. The predicted octanol–water partition coefficient (Wildman–Crippen LogP) is 3.47. The van der Waals surface area contributed by atoms with E-state index in [-0.39, 0.29) is 18.1 Å². The van der Waals surface area contributed by atoms with Crippen molar-refractivity contribution < 1.29 is 9.18 Å². The standard InChI is InChI=1S/C21H22FN3O/c22-17-3-1-13(2-4-17)15-9-16(11-20(23)26)21-18(10-15)19(12-25-21)14-5-7-24-8-6-14/h1-4,9-10,12,14,24-25H,5-8,11H2,(H2,23,26). The molecule has 1 aliphatic heterocycles. The molecule has 0 aliphatic carbocycles. The van der Waals surface area contributed by atoms with E-state index < -0.39 is 0 Å². The first kappa shape index (κ1) is 16.8. The third-order valence-corrected chi connectivity index (χ3v) is 5.22. The Morgan fingerprint density at radius 1 is 1.12 bits per heavy atom. The number of H-pyrrole nitrogens is 1. The highest BCUT2D eigenvalue weighted by Crippen LogP contribution is 2.36. The van der Waals surface area contributed by atoms with Crippen LogP contribution in [-0.4, -0.2) is 24.0 Å². The summed E-state index contributed by atoms with van der Waals surface area (Å²) >= 11 is 0. The lowest BCUT2D eigenvalue weighted by molar-refractivity contribution is -0.117. The van der Waals surface area contributed by atoms with Crippen LogP contribution in [0.1, 0.15) is 29.9 Å². The molecular weight excluding hydrogens is 329 g/mol. The number of benzene rings is 2. The fourth-order valence-corrected chi connectivity index (χ4v) is 3.93. The maximum atomic E-state index is 13.3. The molecule has 0 spiro atoms. The van der Waals surface area contributed by atoms with Crippen LogP contribution in [0.25, 0.3) is 22.0 Å². The number of hydrogen-bond acceptors (Lipinski definition) is 2. The largest absolute Gasteiger partial charge is 0.369 e. The van der Waals surface area contributed by atoms with Gasteiger partial charge in [0, 0.05) is 17.1 Å². The van der Waals surface area contributed by atoms with Crippen LogP contribution >= 0.6 is 0 Å². The average Bonchev–Trinajstić information content (AvgIpc) is 3.07. The molecule has 1 aliphatic rings. The normalized spacial score (nSPS) is 15.4. The molecule has 2 aromatic carbocycles. The topological polar surface area (TPSA) is 70.9 Å². The van der Waals surface area contributed by atoms with Crippen LogP contribution in [0.15, 0.2) is 42.6 Å². The molecule has 2 heterocycles. The van der Waals surface area contributed by atoms with Crippen LogP contribution in [0.4, 0.5) is 4.39 Å². The van der Waals surface area contributed by atoms with Gasteiger partial charge in [0.25, 0.3) is 0 Å². The van der Waals surface area contributed by atoms with Crippen molar-refractivity contribution in [3.63, 3.8) is 0 Å². The van der Waals surface area contributed by atoms with Gasteiger partial charge in [0.05, 0.1) is 6.42 Å². The zero-order valence-electron chi connectivity index (χ0n) is 14.5. The second kappa shape index (κ2) is 6.92. The van der Waals surface area contributed by atoms with E-state index in [2.05, 4.69) is 22.6 Å². The van der Waals surface area contributed by atoms with Gasteiger partial charge in [0.15, 0.2) is 0 Å². The monoisotopic (exact) mass is 351 g/mol. The van der Waals surface area contributed by atoms with Crippen molar-refractivity contribution in [2.45, 2.75) is 25.2 Å². The van der Waals surface area contributed by atoms with Gasteiger partial charge in [-0.15, -0.1) is 0 Å². The van der Waals surface area contributed by atoms with Crippen molar-refractivity contribution in [1.82, 2.24) is 10.3 Å². The van der Waals surface area contributed by atoms with Crippen molar-refractivity contribution in [2.24, 2.45) is 5.73 Å². The number of aromatic nitrogens is 1. The van der Waals surface area contributed by atoms with Gasteiger partial charge in [-0.05, 0) is 78.4 Å². The molecule has 134 valence electrons. The number of aromatic amines is 1. The van der Waals surface area contributed by atoms with Crippen LogP contribution in [0.3, 0.4) is 0 Å². The fourth-order valence-electron chi connectivity index (χ4n) is 3.93. The summed E-state index contributed by atoms with van der Waals surface area (Å²) in [5.74, 6) is -0.125. The Bertz CT molecular complexity index is 940. The van der Waals surface area contributed by atoms with E-state index in [1.807, 2.05) is 6.07 Å². The van der Waals surface area contributed by atoms with E-state index >= 15 is 0 Å². The Kier molecular flexibility index (Phi) is 4.47. The Balaban J connectivity index is 1.86. The van der Waals surface area contributed by atoms with Gasteiger partial charge in [-0.3, -0.25) is 4.79 Å². The zero-order chi connectivity index (χ0) is 18.1. The fraction of sp³-hybridized carbons (Fsp3) is 0.286. The molecule has 4 nitrogen and oxygen atoms in total. The summed E-state index contributed by atoms with van der Waals surface area (Å²) in [5.41, 5.74) is 10.5. The molecule has 1 aromatic heterocycles. The Morgan fingerprint density at radius 3 is 2.54 bits per heavy atom. The summed E-state index contributed by atoms with van der Waals surface area (Å²) in [6.07, 6.45) is 4.44. The molecule has 0 atom stereocenters. The lowest BCUT2D eigenvalue weighted by Gasteiger charge is -2.22. The lowest BCUT2D eigenvalue weighted by Crippen LogP contribution is -2.26. The molecule has 5 heteroatoms. The quantitative estimate of drug-likeness (QED) is 0.673. The molecule has 4 N–H and O–H groups in total. The van der Waals surface area contributed by atoms with Crippen molar-refractivity contribution in [3.05, 3.63) is 59.5 Å². The molecule has 1 amide bonds. The van der Waals surface area contributed by atoms with E-state index in [0.29, 0.717) is 5.92 Å². The number of amides is 1. The van der Waals surface area contributed by atoms with Gasteiger partial charge in [0.2, 0.25) is 5.91 Å². The minimum Gasteiger partial charge on any atom is -0.369 e. The number of primary amides is 1. The molecule has 26 heavy (non-hydrogen) atoms. The highest BCUT2D eigenvalue weighted by molar-refractivity contribution is 5.93. The number of halogens is 1. The van der Waals surface area contributed by atoms with Gasteiger partial charge >= 0.3 is 0 Å². The number of hydrogen-bond donors (Lipinski definition) is 3. The van der Waals surface area contributed by atoms with Crippen LogP contribution < -0.4 is 11.1 Å². The van der Waals surface area contributed by atoms with Crippen molar-refractivity contribution in [1.29, 1.82) is 0 Å². The highest BCUT2D eigenvalue weighted by Gasteiger charge is 2.20. The average molecular weight is 351 g/mol. The van der Waals surface area contributed by atoms with Crippen LogP contribution in [0.5, 0.6) is 0 Å². The van der Waals surface area contributed by atoms with Gasteiger partial charge in [-0.1, -0.05) is 12.1 Å². The molecule has 1 fully saturated rings. The first-order valence-electron chi connectivity index (χ1n) is 9.00. The lowest BCUT2D eigenvalue weighted by atomic mass is 9.88. The van der Waals surface area contributed by atoms with Crippen LogP contribution in [0, 0.1) is 5.82 Å². The predicted molar refractivity (Wildman–Crippen MR) is 101 cm³/mol. The summed E-state index contributed by atoms with van der Waals surface area (Å²) in [4.78, 5) is 14.9. The molecule has 4 rings (SSSR count). The van der Waals surface area contributed by atoms with E-state index in [0.717, 1.165) is 53.5 Å².